The first-order valence-corrected chi connectivity index (χ1v) is 9.10. The van der Waals surface area contributed by atoms with Crippen molar-refractivity contribution in [1.29, 1.82) is 0 Å². The van der Waals surface area contributed by atoms with Gasteiger partial charge in [-0.25, -0.2) is 4.98 Å². The SMILES string of the molecule is CCOC1CC(N)(C(=O)NCc2ccccc2Cn2ccnc2)C1(C)C.Cl.Cl. The molecule has 1 aromatic carbocycles. The summed E-state index contributed by atoms with van der Waals surface area (Å²) < 4.78 is 7.72. The van der Waals surface area contributed by atoms with Gasteiger partial charge < -0.3 is 20.4 Å². The van der Waals surface area contributed by atoms with Gasteiger partial charge >= 0.3 is 0 Å². The molecule has 0 bridgehead atoms. The van der Waals surface area contributed by atoms with E-state index in [4.69, 9.17) is 10.5 Å². The molecule has 0 aliphatic heterocycles. The zero-order valence-electron chi connectivity index (χ0n) is 16.6. The summed E-state index contributed by atoms with van der Waals surface area (Å²) in [5.74, 6) is -0.115. The van der Waals surface area contributed by atoms with Crippen LogP contribution in [0.5, 0.6) is 0 Å². The lowest BCUT2D eigenvalue weighted by molar-refractivity contribution is -0.170. The summed E-state index contributed by atoms with van der Waals surface area (Å²) in [4.78, 5) is 16.9. The van der Waals surface area contributed by atoms with Crippen LogP contribution in [0.1, 0.15) is 38.3 Å². The minimum atomic E-state index is -0.897. The lowest BCUT2D eigenvalue weighted by Gasteiger charge is -2.57. The largest absolute Gasteiger partial charge is 0.378 e. The van der Waals surface area contributed by atoms with E-state index in [1.165, 1.54) is 0 Å². The predicted molar refractivity (Wildman–Crippen MR) is 115 cm³/mol. The van der Waals surface area contributed by atoms with Gasteiger partial charge in [0, 0.05) is 43.9 Å². The van der Waals surface area contributed by atoms with Crippen molar-refractivity contribution >= 4 is 30.7 Å². The molecule has 3 rings (SSSR count). The quantitative estimate of drug-likeness (QED) is 0.709. The van der Waals surface area contributed by atoms with E-state index in [9.17, 15) is 4.79 Å². The van der Waals surface area contributed by atoms with Gasteiger partial charge in [0.15, 0.2) is 0 Å². The van der Waals surface area contributed by atoms with Crippen LogP contribution in [0, 0.1) is 5.41 Å². The fraction of sp³-hybridized carbons (Fsp3) is 0.500. The van der Waals surface area contributed by atoms with Crippen molar-refractivity contribution < 1.29 is 9.53 Å². The van der Waals surface area contributed by atoms with Crippen LogP contribution in [-0.2, 0) is 22.6 Å². The Kier molecular flexibility index (Phi) is 8.50. The van der Waals surface area contributed by atoms with Crippen LogP contribution >= 0.6 is 24.8 Å². The summed E-state index contributed by atoms with van der Waals surface area (Å²) >= 11 is 0. The number of ether oxygens (including phenoxy) is 1. The van der Waals surface area contributed by atoms with Crippen molar-refractivity contribution in [2.75, 3.05) is 6.61 Å². The van der Waals surface area contributed by atoms with Gasteiger partial charge in [-0.2, -0.15) is 0 Å². The number of nitrogens with two attached hydrogens (primary N) is 1. The topological polar surface area (TPSA) is 82.2 Å². The van der Waals surface area contributed by atoms with Crippen molar-refractivity contribution in [2.24, 2.45) is 11.1 Å². The van der Waals surface area contributed by atoms with E-state index in [1.54, 1.807) is 12.5 Å². The van der Waals surface area contributed by atoms with Crippen LogP contribution in [0.2, 0.25) is 0 Å². The highest BCUT2D eigenvalue weighted by molar-refractivity contribution is 5.88. The van der Waals surface area contributed by atoms with Crippen molar-refractivity contribution in [3.8, 4) is 0 Å². The normalized spacial score (nSPS) is 22.4. The van der Waals surface area contributed by atoms with Gasteiger partial charge in [-0.05, 0) is 18.1 Å². The number of benzene rings is 1. The third-order valence-electron chi connectivity index (χ3n) is 5.71. The van der Waals surface area contributed by atoms with Crippen LogP contribution in [-0.4, -0.2) is 33.7 Å². The number of nitrogens with one attached hydrogen (secondary N) is 1. The molecule has 1 heterocycles. The molecule has 2 aromatic rings. The molecule has 1 aliphatic rings. The fourth-order valence-corrected chi connectivity index (χ4v) is 3.61. The molecule has 1 saturated carbocycles. The van der Waals surface area contributed by atoms with Gasteiger partial charge in [0.05, 0.1) is 12.4 Å². The van der Waals surface area contributed by atoms with Crippen molar-refractivity contribution in [3.63, 3.8) is 0 Å². The maximum absolute atomic E-state index is 12.8. The minimum absolute atomic E-state index is 0. The lowest BCUT2D eigenvalue weighted by atomic mass is 9.54. The number of halogens is 2. The Labute approximate surface area is 179 Å². The Morgan fingerprint density at radius 1 is 1.32 bits per heavy atom. The summed E-state index contributed by atoms with van der Waals surface area (Å²) in [7, 11) is 0. The molecule has 1 amide bonds. The van der Waals surface area contributed by atoms with Gasteiger partial charge in [-0.15, -0.1) is 24.8 Å². The Balaban J connectivity index is 0.00000196. The van der Waals surface area contributed by atoms with Crippen LogP contribution in [0.25, 0.3) is 0 Å². The number of aromatic nitrogens is 2. The number of rotatable bonds is 7. The predicted octanol–water partition coefficient (Wildman–Crippen LogP) is 2.92. The highest BCUT2D eigenvalue weighted by atomic mass is 35.5. The standard InChI is InChI=1S/C20H28N4O2.2ClH/c1-4-26-17-11-20(21,19(17,2)3)18(25)23-12-15-7-5-6-8-16(15)13-24-10-9-22-14-24;;/h5-10,14,17H,4,11-13,21H2,1-3H3,(H,23,25);2*1H. The van der Waals surface area contributed by atoms with Crippen LogP contribution in [0.15, 0.2) is 43.0 Å². The zero-order chi connectivity index (χ0) is 18.8. The molecule has 2 atom stereocenters. The van der Waals surface area contributed by atoms with Crippen LogP contribution in [0.3, 0.4) is 0 Å². The molecular formula is C20H30Cl2N4O2. The molecule has 2 unspecified atom stereocenters. The fourth-order valence-electron chi connectivity index (χ4n) is 3.61. The molecule has 0 saturated heterocycles. The molecule has 156 valence electrons. The maximum atomic E-state index is 12.8. The van der Waals surface area contributed by atoms with Crippen molar-refractivity contribution in [3.05, 3.63) is 54.1 Å². The Bertz CT molecular complexity index is 767. The monoisotopic (exact) mass is 428 g/mol. The first-order valence-electron chi connectivity index (χ1n) is 9.10. The number of carbonyl (C=O) groups excluding carboxylic acids is 1. The van der Waals surface area contributed by atoms with Crippen LogP contribution in [0.4, 0.5) is 0 Å². The minimum Gasteiger partial charge on any atom is -0.378 e. The number of hydrogen-bond acceptors (Lipinski definition) is 4. The highest BCUT2D eigenvalue weighted by Crippen LogP contribution is 2.49. The molecule has 3 N–H and O–H groups in total. The first kappa shape index (κ1) is 24.4. The Morgan fingerprint density at radius 3 is 2.57 bits per heavy atom. The molecule has 1 fully saturated rings. The summed E-state index contributed by atoms with van der Waals surface area (Å²) in [5, 5.41) is 3.04. The maximum Gasteiger partial charge on any atom is 0.241 e. The smallest absolute Gasteiger partial charge is 0.241 e. The van der Waals surface area contributed by atoms with Gasteiger partial charge in [-0.3, -0.25) is 4.79 Å². The van der Waals surface area contributed by atoms with Gasteiger partial charge in [-0.1, -0.05) is 38.1 Å². The average Bonchev–Trinajstić information content (AvgIpc) is 3.13. The molecule has 6 nitrogen and oxygen atoms in total. The number of hydrogen-bond donors (Lipinski definition) is 2. The highest BCUT2D eigenvalue weighted by Gasteiger charge is 2.62. The van der Waals surface area contributed by atoms with E-state index in [0.717, 1.165) is 17.7 Å². The molecular weight excluding hydrogens is 399 g/mol. The Hall–Kier alpha value is -1.60. The van der Waals surface area contributed by atoms with E-state index in [2.05, 4.69) is 16.4 Å². The van der Waals surface area contributed by atoms with Crippen LogP contribution < -0.4 is 11.1 Å². The van der Waals surface area contributed by atoms with Crippen molar-refractivity contribution in [2.45, 2.75) is 51.9 Å². The second kappa shape index (κ2) is 9.74. The number of imidazole rings is 1. The van der Waals surface area contributed by atoms with Gasteiger partial charge in [0.2, 0.25) is 5.91 Å². The molecule has 0 radical (unpaired) electrons. The molecule has 1 aromatic heterocycles. The number of amides is 1. The third kappa shape index (κ3) is 4.51. The van der Waals surface area contributed by atoms with Gasteiger partial charge in [0.1, 0.15) is 5.54 Å². The van der Waals surface area contributed by atoms with Crippen molar-refractivity contribution in [1.82, 2.24) is 14.9 Å². The lowest BCUT2D eigenvalue weighted by Crippen LogP contribution is -2.75. The molecule has 0 spiro atoms. The first-order chi connectivity index (χ1) is 12.4. The van der Waals surface area contributed by atoms with E-state index in [1.807, 2.05) is 49.7 Å². The number of carbonyl (C=O) groups is 1. The summed E-state index contributed by atoms with van der Waals surface area (Å²) in [6.45, 7) is 7.78. The second-order valence-corrected chi connectivity index (χ2v) is 7.53. The Morgan fingerprint density at radius 2 is 2.00 bits per heavy atom. The van der Waals surface area contributed by atoms with E-state index in [-0.39, 0.29) is 42.2 Å². The zero-order valence-corrected chi connectivity index (χ0v) is 18.2. The summed E-state index contributed by atoms with van der Waals surface area (Å²) in [6.07, 6.45) is 6.05. The molecule has 8 heteroatoms. The van der Waals surface area contributed by atoms with Gasteiger partial charge in [0.25, 0.3) is 0 Å². The second-order valence-electron chi connectivity index (χ2n) is 7.53. The summed E-state index contributed by atoms with van der Waals surface area (Å²) in [6, 6.07) is 8.09. The van der Waals surface area contributed by atoms with E-state index in [0.29, 0.717) is 19.6 Å². The molecule has 1 aliphatic carbocycles. The summed E-state index contributed by atoms with van der Waals surface area (Å²) in [5.41, 5.74) is 7.40. The van der Waals surface area contributed by atoms with E-state index < -0.39 is 5.54 Å². The number of nitrogens with zero attached hydrogens (tertiary/aromatic N) is 2. The molecule has 28 heavy (non-hydrogen) atoms. The van der Waals surface area contributed by atoms with E-state index >= 15 is 0 Å². The average molecular weight is 429 g/mol. The third-order valence-corrected chi connectivity index (χ3v) is 5.71.